The van der Waals surface area contributed by atoms with E-state index in [-0.39, 0.29) is 10.8 Å². The zero-order chi connectivity index (χ0) is 15.3. The number of hydrogen-bond donors (Lipinski definition) is 4. The normalized spacial score (nSPS) is 12.8. The van der Waals surface area contributed by atoms with Gasteiger partial charge in [-0.15, -0.1) is 0 Å². The molecule has 0 bridgehead atoms. The van der Waals surface area contributed by atoms with E-state index in [0.29, 0.717) is 17.9 Å². The van der Waals surface area contributed by atoms with Gasteiger partial charge in [-0.05, 0) is 39.1 Å². The summed E-state index contributed by atoms with van der Waals surface area (Å²) in [5, 5.41) is 5.53. The molecule has 0 aliphatic rings. The fourth-order valence-electron chi connectivity index (χ4n) is 1.62. The molecule has 0 aromatic heterocycles. The second-order valence-electron chi connectivity index (χ2n) is 4.22. The van der Waals surface area contributed by atoms with Crippen LogP contribution in [-0.4, -0.2) is 34.0 Å². The predicted molar refractivity (Wildman–Crippen MR) is 78.9 cm³/mol. The van der Waals surface area contributed by atoms with Crippen LogP contribution in [0.1, 0.15) is 13.8 Å². The number of amides is 1. The fraction of sp³-hybridized carbons (Fsp3) is 0.417. The van der Waals surface area contributed by atoms with Crippen molar-refractivity contribution in [2.45, 2.75) is 24.8 Å². The molecule has 5 N–H and O–H groups in total. The zero-order valence-corrected chi connectivity index (χ0v) is 12.5. The Balaban J connectivity index is 3.10. The third-order valence-corrected chi connectivity index (χ3v) is 4.13. The highest BCUT2D eigenvalue weighted by Gasteiger charge is 2.20. The lowest BCUT2D eigenvalue weighted by Gasteiger charge is -2.17. The first-order valence-corrected chi connectivity index (χ1v) is 7.67. The molecule has 1 rings (SSSR count). The Morgan fingerprint density at radius 3 is 2.60 bits per heavy atom. The van der Waals surface area contributed by atoms with Crippen LogP contribution < -0.4 is 21.1 Å². The second-order valence-corrected chi connectivity index (χ2v) is 6.08. The minimum absolute atomic E-state index is 0.0103. The van der Waals surface area contributed by atoms with Crippen LogP contribution in [0.5, 0.6) is 0 Å². The number of rotatable bonds is 6. The molecule has 7 nitrogen and oxygen atoms in total. The fourth-order valence-corrected chi connectivity index (χ4v) is 2.54. The van der Waals surface area contributed by atoms with E-state index in [1.807, 2.05) is 6.92 Å². The zero-order valence-electron chi connectivity index (χ0n) is 11.7. The molecule has 0 aliphatic carbocycles. The quantitative estimate of drug-likeness (QED) is 0.557. The van der Waals surface area contributed by atoms with E-state index in [0.717, 1.165) is 0 Å². The summed E-state index contributed by atoms with van der Waals surface area (Å²) in [4.78, 5) is 11.7. The monoisotopic (exact) mass is 300 g/mol. The number of carbonyl (C=O) groups excluding carboxylic acids is 1. The lowest BCUT2D eigenvalue weighted by atomic mass is 10.2. The molecule has 112 valence electrons. The van der Waals surface area contributed by atoms with Gasteiger partial charge in [0.1, 0.15) is 10.9 Å². The van der Waals surface area contributed by atoms with E-state index in [9.17, 15) is 13.2 Å². The minimum atomic E-state index is -3.66. The summed E-state index contributed by atoms with van der Waals surface area (Å²) in [5.41, 5.74) is 6.27. The Hall–Kier alpha value is -1.80. The van der Waals surface area contributed by atoms with Crippen molar-refractivity contribution in [1.29, 1.82) is 0 Å². The van der Waals surface area contributed by atoms with Gasteiger partial charge in [0, 0.05) is 12.2 Å². The Morgan fingerprint density at radius 1 is 1.40 bits per heavy atom. The molecule has 1 atom stereocenters. The molecule has 1 aromatic carbocycles. The van der Waals surface area contributed by atoms with Gasteiger partial charge in [0.15, 0.2) is 0 Å². The number of anilines is 2. The van der Waals surface area contributed by atoms with Gasteiger partial charge in [0.2, 0.25) is 15.9 Å². The summed E-state index contributed by atoms with van der Waals surface area (Å²) in [6.45, 7) is 3.97. The van der Waals surface area contributed by atoms with Crippen molar-refractivity contribution in [3.05, 3.63) is 18.2 Å². The molecule has 0 spiro atoms. The van der Waals surface area contributed by atoms with E-state index in [4.69, 9.17) is 5.73 Å². The standard InChI is InChI=1S/C12H20N4O3S/c1-4-15-12(17)8(2)16-10-6-5-9(13)7-11(10)20(18,19)14-3/h5-8,14,16H,4,13H2,1-3H3,(H,15,17). The summed E-state index contributed by atoms with van der Waals surface area (Å²) >= 11 is 0. The van der Waals surface area contributed by atoms with Crippen LogP contribution in [0.2, 0.25) is 0 Å². The Morgan fingerprint density at radius 2 is 2.05 bits per heavy atom. The SMILES string of the molecule is CCNC(=O)C(C)Nc1ccc(N)cc1S(=O)(=O)NC. The molecule has 0 saturated carbocycles. The molecule has 1 amide bonds. The number of nitrogens with two attached hydrogens (primary N) is 1. The van der Waals surface area contributed by atoms with Crippen molar-refractivity contribution >= 4 is 27.3 Å². The van der Waals surface area contributed by atoms with Crippen LogP contribution >= 0.6 is 0 Å². The van der Waals surface area contributed by atoms with E-state index in [2.05, 4.69) is 15.4 Å². The third kappa shape index (κ3) is 3.84. The van der Waals surface area contributed by atoms with E-state index in [1.54, 1.807) is 13.0 Å². The van der Waals surface area contributed by atoms with Crippen LogP contribution in [0.3, 0.4) is 0 Å². The number of nitrogen functional groups attached to an aromatic ring is 1. The van der Waals surface area contributed by atoms with Crippen LogP contribution in [-0.2, 0) is 14.8 Å². The van der Waals surface area contributed by atoms with Gasteiger partial charge < -0.3 is 16.4 Å². The minimum Gasteiger partial charge on any atom is -0.399 e. The third-order valence-electron chi connectivity index (χ3n) is 2.68. The van der Waals surface area contributed by atoms with E-state index in [1.165, 1.54) is 19.2 Å². The van der Waals surface area contributed by atoms with Gasteiger partial charge in [0.05, 0.1) is 5.69 Å². The maximum absolute atomic E-state index is 11.9. The number of carbonyl (C=O) groups is 1. The van der Waals surface area contributed by atoms with Gasteiger partial charge in [-0.1, -0.05) is 0 Å². The summed E-state index contributed by atoms with van der Waals surface area (Å²) in [7, 11) is -2.34. The molecule has 1 aromatic rings. The molecule has 0 heterocycles. The average molecular weight is 300 g/mol. The summed E-state index contributed by atoms with van der Waals surface area (Å²) in [5.74, 6) is -0.211. The summed E-state index contributed by atoms with van der Waals surface area (Å²) in [6.07, 6.45) is 0. The molecular formula is C12H20N4O3S. The number of sulfonamides is 1. The highest BCUT2D eigenvalue weighted by atomic mass is 32.2. The maximum atomic E-state index is 11.9. The van der Waals surface area contributed by atoms with Crippen molar-refractivity contribution in [1.82, 2.24) is 10.0 Å². The molecule has 20 heavy (non-hydrogen) atoms. The molecule has 0 radical (unpaired) electrons. The van der Waals surface area contributed by atoms with Crippen molar-refractivity contribution in [2.24, 2.45) is 0 Å². The smallest absolute Gasteiger partial charge is 0.242 e. The first-order valence-electron chi connectivity index (χ1n) is 6.19. The summed E-state index contributed by atoms with van der Waals surface area (Å²) < 4.78 is 26.1. The van der Waals surface area contributed by atoms with Gasteiger partial charge in [-0.3, -0.25) is 4.79 Å². The average Bonchev–Trinajstić information content (AvgIpc) is 2.40. The number of benzene rings is 1. The second kappa shape index (κ2) is 6.58. The predicted octanol–water partition coefficient (Wildman–Crippen LogP) is 0.113. The van der Waals surface area contributed by atoms with Crippen LogP contribution in [0, 0.1) is 0 Å². The Kier molecular flexibility index (Phi) is 5.34. The molecule has 1 unspecified atom stereocenters. The highest BCUT2D eigenvalue weighted by Crippen LogP contribution is 2.24. The first kappa shape index (κ1) is 16.3. The van der Waals surface area contributed by atoms with Gasteiger partial charge in [-0.2, -0.15) is 0 Å². The van der Waals surface area contributed by atoms with Crippen LogP contribution in [0.25, 0.3) is 0 Å². The molecular weight excluding hydrogens is 280 g/mol. The lowest BCUT2D eigenvalue weighted by molar-refractivity contribution is -0.121. The van der Waals surface area contributed by atoms with Crippen molar-refractivity contribution in [3.8, 4) is 0 Å². The topological polar surface area (TPSA) is 113 Å². The van der Waals surface area contributed by atoms with E-state index < -0.39 is 16.1 Å². The first-order chi connectivity index (χ1) is 9.31. The highest BCUT2D eigenvalue weighted by molar-refractivity contribution is 7.89. The maximum Gasteiger partial charge on any atom is 0.242 e. The molecule has 8 heteroatoms. The van der Waals surface area contributed by atoms with Crippen molar-refractivity contribution in [3.63, 3.8) is 0 Å². The molecule has 0 aliphatic heterocycles. The van der Waals surface area contributed by atoms with Gasteiger partial charge >= 0.3 is 0 Å². The number of nitrogens with one attached hydrogen (secondary N) is 3. The van der Waals surface area contributed by atoms with Crippen molar-refractivity contribution in [2.75, 3.05) is 24.6 Å². The largest absolute Gasteiger partial charge is 0.399 e. The van der Waals surface area contributed by atoms with Crippen LogP contribution in [0.4, 0.5) is 11.4 Å². The van der Waals surface area contributed by atoms with Gasteiger partial charge in [-0.25, -0.2) is 13.1 Å². The van der Waals surface area contributed by atoms with E-state index >= 15 is 0 Å². The van der Waals surface area contributed by atoms with Crippen LogP contribution in [0.15, 0.2) is 23.1 Å². The molecule has 0 saturated heterocycles. The van der Waals surface area contributed by atoms with Gasteiger partial charge in [0.25, 0.3) is 0 Å². The Labute approximate surface area is 119 Å². The number of hydrogen-bond acceptors (Lipinski definition) is 5. The summed E-state index contributed by atoms with van der Waals surface area (Å²) in [6, 6.07) is 3.89. The number of likely N-dealkylation sites (N-methyl/N-ethyl adjacent to an activating group) is 1. The lowest BCUT2D eigenvalue weighted by Crippen LogP contribution is -2.37. The van der Waals surface area contributed by atoms with Crippen molar-refractivity contribution < 1.29 is 13.2 Å². The Bertz CT molecular complexity index is 586. The molecule has 0 fully saturated rings.